The van der Waals surface area contributed by atoms with E-state index in [0.717, 1.165) is 10.8 Å². The lowest BCUT2D eigenvalue weighted by Gasteiger charge is -2.28. The van der Waals surface area contributed by atoms with Crippen LogP contribution in [0.2, 0.25) is 0 Å². The number of aliphatic carboxylic acids is 1. The molecule has 1 amide bonds. The quantitative estimate of drug-likeness (QED) is 0.852. The van der Waals surface area contributed by atoms with E-state index in [0.29, 0.717) is 5.69 Å². The Hall–Kier alpha value is -2.66. The first-order valence-electron chi connectivity index (χ1n) is 7.88. The van der Waals surface area contributed by atoms with Crippen LogP contribution < -0.4 is 5.32 Å². The third-order valence-corrected chi connectivity index (χ3v) is 4.95. The van der Waals surface area contributed by atoms with Crippen LogP contribution in [0.3, 0.4) is 0 Å². The van der Waals surface area contributed by atoms with Crippen molar-refractivity contribution in [2.75, 3.05) is 5.32 Å². The number of carboxylic acids is 1. The molecule has 0 aliphatic carbocycles. The maximum atomic E-state index is 12.9. The average Bonchev–Trinajstić information content (AvgIpc) is 3.08. The number of nitrogens with one attached hydrogen (secondary N) is 1. The molecule has 0 aromatic heterocycles. The number of rotatable bonds is 3. The zero-order valence-corrected chi connectivity index (χ0v) is 13.1. The molecule has 0 spiro atoms. The molecule has 4 rings (SSSR count). The molecule has 1 fully saturated rings. The molecule has 122 valence electrons. The Balaban J connectivity index is 1.68. The highest BCUT2D eigenvalue weighted by Gasteiger charge is 2.59. The van der Waals surface area contributed by atoms with Crippen LogP contribution in [0.5, 0.6) is 0 Å². The Morgan fingerprint density at radius 2 is 1.92 bits per heavy atom. The number of fused-ring (bicyclic) bond motifs is 3. The number of hydrogen-bond donors (Lipinski definition) is 2. The lowest BCUT2D eigenvalue weighted by Crippen LogP contribution is -2.44. The summed E-state index contributed by atoms with van der Waals surface area (Å²) in [6.45, 7) is 1.76. The summed E-state index contributed by atoms with van der Waals surface area (Å²) in [5.41, 5.74) is -0.194. The number of benzene rings is 2. The summed E-state index contributed by atoms with van der Waals surface area (Å²) in [6.07, 6.45) is 2.99. The van der Waals surface area contributed by atoms with Crippen molar-refractivity contribution in [3.8, 4) is 0 Å². The van der Waals surface area contributed by atoms with Gasteiger partial charge < -0.3 is 15.2 Å². The van der Waals surface area contributed by atoms with Crippen molar-refractivity contribution < 1.29 is 19.4 Å². The Morgan fingerprint density at radius 3 is 2.71 bits per heavy atom. The van der Waals surface area contributed by atoms with Gasteiger partial charge in [-0.15, -0.1) is 0 Å². The molecule has 2 bridgehead atoms. The topological polar surface area (TPSA) is 75.6 Å². The zero-order chi connectivity index (χ0) is 16.9. The maximum absolute atomic E-state index is 12.9. The minimum atomic E-state index is -1.01. The molecule has 5 heteroatoms. The first-order chi connectivity index (χ1) is 11.5. The molecule has 2 aromatic rings. The molecule has 0 unspecified atom stereocenters. The van der Waals surface area contributed by atoms with Gasteiger partial charge in [0.2, 0.25) is 5.91 Å². The van der Waals surface area contributed by atoms with Gasteiger partial charge in [0, 0.05) is 11.1 Å². The van der Waals surface area contributed by atoms with Gasteiger partial charge in [-0.2, -0.15) is 0 Å². The third kappa shape index (κ3) is 2.12. The molecule has 2 aliphatic heterocycles. The Bertz CT molecular complexity index is 869. The van der Waals surface area contributed by atoms with Crippen LogP contribution in [-0.2, 0) is 14.3 Å². The molecule has 1 saturated heterocycles. The number of carbonyl (C=O) groups is 2. The van der Waals surface area contributed by atoms with E-state index in [4.69, 9.17) is 4.74 Å². The van der Waals surface area contributed by atoms with Gasteiger partial charge in [-0.1, -0.05) is 48.6 Å². The molecular weight excluding hydrogens is 306 g/mol. The van der Waals surface area contributed by atoms with E-state index >= 15 is 0 Å². The Labute approximate surface area is 138 Å². The van der Waals surface area contributed by atoms with E-state index in [2.05, 4.69) is 5.32 Å². The lowest BCUT2D eigenvalue weighted by molar-refractivity contribution is -0.146. The predicted octanol–water partition coefficient (Wildman–Crippen LogP) is 2.82. The van der Waals surface area contributed by atoms with E-state index < -0.39 is 29.5 Å². The second-order valence-corrected chi connectivity index (χ2v) is 6.48. The number of carbonyl (C=O) groups excluding carboxylic acids is 1. The fourth-order valence-electron chi connectivity index (χ4n) is 3.83. The minimum absolute atomic E-state index is 0.326. The van der Waals surface area contributed by atoms with Gasteiger partial charge in [-0.05, 0) is 18.4 Å². The lowest BCUT2D eigenvalue weighted by atomic mass is 9.75. The average molecular weight is 323 g/mol. The van der Waals surface area contributed by atoms with Crippen LogP contribution in [0.15, 0.2) is 54.6 Å². The van der Waals surface area contributed by atoms with Crippen molar-refractivity contribution in [1.29, 1.82) is 0 Å². The highest BCUT2D eigenvalue weighted by molar-refractivity contribution is 6.04. The molecule has 5 nitrogen and oxygen atoms in total. The number of hydrogen-bond acceptors (Lipinski definition) is 3. The van der Waals surface area contributed by atoms with E-state index in [-0.39, 0.29) is 5.91 Å². The van der Waals surface area contributed by atoms with Gasteiger partial charge in [0.15, 0.2) is 0 Å². The van der Waals surface area contributed by atoms with Crippen LogP contribution in [0.25, 0.3) is 10.8 Å². The highest BCUT2D eigenvalue weighted by Crippen LogP contribution is 2.47. The minimum Gasteiger partial charge on any atom is -0.481 e. The van der Waals surface area contributed by atoms with Crippen LogP contribution in [0.4, 0.5) is 5.69 Å². The second-order valence-electron chi connectivity index (χ2n) is 6.48. The smallest absolute Gasteiger partial charge is 0.310 e. The normalized spacial score (nSPS) is 30.6. The summed E-state index contributed by atoms with van der Waals surface area (Å²) in [6, 6.07) is 13.4. The van der Waals surface area contributed by atoms with Crippen molar-refractivity contribution in [2.45, 2.75) is 18.6 Å². The fraction of sp³-hybridized carbons (Fsp3) is 0.263. The molecular formula is C19H17NO4. The largest absolute Gasteiger partial charge is 0.481 e. The van der Waals surface area contributed by atoms with Crippen molar-refractivity contribution in [1.82, 2.24) is 0 Å². The third-order valence-electron chi connectivity index (χ3n) is 4.95. The summed E-state index contributed by atoms with van der Waals surface area (Å²) in [5, 5.41) is 14.4. The fourth-order valence-corrected chi connectivity index (χ4v) is 3.83. The molecule has 2 heterocycles. The summed E-state index contributed by atoms with van der Waals surface area (Å²) in [4.78, 5) is 24.5. The highest BCUT2D eigenvalue weighted by atomic mass is 16.5. The molecule has 24 heavy (non-hydrogen) atoms. The van der Waals surface area contributed by atoms with Crippen molar-refractivity contribution in [3.05, 3.63) is 54.6 Å². The molecule has 4 atom stereocenters. The van der Waals surface area contributed by atoms with E-state index in [9.17, 15) is 14.7 Å². The summed E-state index contributed by atoms with van der Waals surface area (Å²) >= 11 is 0. The Morgan fingerprint density at radius 1 is 1.17 bits per heavy atom. The van der Waals surface area contributed by atoms with Crippen molar-refractivity contribution in [3.63, 3.8) is 0 Å². The number of carboxylic acid groups (broad SMARTS) is 1. The number of ether oxygens (including phenoxy) is 1. The molecule has 0 saturated carbocycles. The van der Waals surface area contributed by atoms with Gasteiger partial charge in [0.05, 0.1) is 17.6 Å². The van der Waals surface area contributed by atoms with Crippen LogP contribution in [0.1, 0.15) is 6.92 Å². The SMILES string of the molecule is C[C@@]12C=C[C@@H](O1)[C@@H](C(=O)O)[C@H]2C(=O)Nc1cccc2ccccc12. The van der Waals surface area contributed by atoms with E-state index in [1.165, 1.54) is 0 Å². The van der Waals surface area contributed by atoms with Crippen molar-refractivity contribution in [2.24, 2.45) is 11.8 Å². The molecule has 2 aliphatic rings. The first kappa shape index (κ1) is 14.9. The summed E-state index contributed by atoms with van der Waals surface area (Å²) in [5.74, 6) is -2.96. The van der Waals surface area contributed by atoms with Crippen LogP contribution in [-0.4, -0.2) is 28.7 Å². The van der Waals surface area contributed by atoms with Gasteiger partial charge >= 0.3 is 5.97 Å². The van der Waals surface area contributed by atoms with E-state index in [1.54, 1.807) is 19.1 Å². The van der Waals surface area contributed by atoms with Crippen LogP contribution in [0, 0.1) is 11.8 Å². The van der Waals surface area contributed by atoms with Gasteiger partial charge in [0.25, 0.3) is 0 Å². The first-order valence-corrected chi connectivity index (χ1v) is 7.88. The summed E-state index contributed by atoms with van der Waals surface area (Å²) < 4.78 is 5.74. The second kappa shape index (κ2) is 5.18. The monoisotopic (exact) mass is 323 g/mol. The van der Waals surface area contributed by atoms with Gasteiger partial charge in [0.1, 0.15) is 5.92 Å². The van der Waals surface area contributed by atoms with Crippen LogP contribution >= 0.6 is 0 Å². The van der Waals surface area contributed by atoms with Crippen molar-refractivity contribution >= 4 is 28.3 Å². The van der Waals surface area contributed by atoms with E-state index in [1.807, 2.05) is 42.5 Å². The zero-order valence-electron chi connectivity index (χ0n) is 13.1. The number of anilines is 1. The Kier molecular flexibility index (Phi) is 3.21. The number of amides is 1. The van der Waals surface area contributed by atoms with Gasteiger partial charge in [-0.3, -0.25) is 9.59 Å². The maximum Gasteiger partial charge on any atom is 0.310 e. The summed E-state index contributed by atoms with van der Waals surface area (Å²) in [7, 11) is 0. The molecule has 2 N–H and O–H groups in total. The van der Waals surface area contributed by atoms with Gasteiger partial charge in [-0.25, -0.2) is 0 Å². The predicted molar refractivity (Wildman–Crippen MR) is 89.6 cm³/mol. The molecule has 0 radical (unpaired) electrons. The standard InChI is InChI=1S/C19H17NO4/c1-19-10-9-14(24-19)15(18(22)23)16(19)17(21)20-13-8-4-6-11-5-2-3-7-12(11)13/h2-10,14-16H,1H3,(H,20,21)(H,22,23)/t14-,15-,16+,19+/m1/s1. The molecule has 2 aromatic carbocycles.